The fourth-order valence-electron chi connectivity index (χ4n) is 1.15. The largest absolute Gasteiger partial charge is 0.469 e. The molecule has 86 valence electrons. The third-order valence-electron chi connectivity index (χ3n) is 2.04. The first-order valence-corrected chi connectivity index (χ1v) is 5.43. The van der Waals surface area contributed by atoms with Crippen LogP contribution in [0.5, 0.6) is 0 Å². The Kier molecular flexibility index (Phi) is 6.07. The van der Waals surface area contributed by atoms with E-state index in [4.69, 9.17) is 0 Å². The maximum absolute atomic E-state index is 10.8. The summed E-state index contributed by atoms with van der Waals surface area (Å²) < 4.78 is 4.52. The topological polar surface area (TPSA) is 26.3 Å². The van der Waals surface area contributed by atoms with E-state index in [0.717, 1.165) is 5.56 Å². The summed E-state index contributed by atoms with van der Waals surface area (Å²) in [5.41, 5.74) is 0.955. The molecule has 0 heterocycles. The number of ether oxygens (including phenoxy) is 1. The first-order valence-electron chi connectivity index (χ1n) is 5.43. The van der Waals surface area contributed by atoms with Crippen molar-refractivity contribution in [1.82, 2.24) is 0 Å². The van der Waals surface area contributed by atoms with Crippen molar-refractivity contribution in [1.29, 1.82) is 0 Å². The van der Waals surface area contributed by atoms with Crippen LogP contribution < -0.4 is 0 Å². The highest BCUT2D eigenvalue weighted by atomic mass is 16.5. The van der Waals surface area contributed by atoms with Gasteiger partial charge in [-0.05, 0) is 30.4 Å². The molecule has 0 radical (unpaired) electrons. The highest BCUT2D eigenvalue weighted by molar-refractivity contribution is 5.69. The lowest BCUT2D eigenvalue weighted by atomic mass is 10.2. The van der Waals surface area contributed by atoms with E-state index < -0.39 is 0 Å². The zero-order chi connectivity index (χ0) is 12.3. The van der Waals surface area contributed by atoms with E-state index >= 15 is 0 Å². The number of carbonyl (C=O) groups excluding carboxylic acids is 1. The SMILES string of the molecule is COC(=O)CCCC#CC#Cc1ccccc1. The first-order chi connectivity index (χ1) is 8.33. The van der Waals surface area contributed by atoms with Gasteiger partial charge in [-0.2, -0.15) is 0 Å². The molecular weight excluding hydrogens is 212 g/mol. The molecule has 0 saturated carbocycles. The summed E-state index contributed by atoms with van der Waals surface area (Å²) >= 11 is 0. The maximum atomic E-state index is 10.8. The van der Waals surface area contributed by atoms with Gasteiger partial charge >= 0.3 is 5.97 Å². The van der Waals surface area contributed by atoms with E-state index in [-0.39, 0.29) is 5.97 Å². The summed E-state index contributed by atoms with van der Waals surface area (Å²) in [7, 11) is 1.39. The van der Waals surface area contributed by atoms with Gasteiger partial charge in [-0.25, -0.2) is 0 Å². The molecule has 0 aliphatic rings. The van der Waals surface area contributed by atoms with Gasteiger partial charge < -0.3 is 4.74 Å². The number of hydrogen-bond donors (Lipinski definition) is 0. The van der Waals surface area contributed by atoms with Gasteiger partial charge in [0.2, 0.25) is 0 Å². The molecular formula is C15H14O2. The summed E-state index contributed by atoms with van der Waals surface area (Å²) in [4.78, 5) is 10.8. The number of rotatable bonds is 3. The Balaban J connectivity index is 2.28. The van der Waals surface area contributed by atoms with Crippen molar-refractivity contribution in [2.45, 2.75) is 19.3 Å². The molecule has 0 spiro atoms. The van der Waals surface area contributed by atoms with Crippen molar-refractivity contribution < 1.29 is 9.53 Å². The minimum atomic E-state index is -0.192. The van der Waals surface area contributed by atoms with Crippen LogP contribution in [0, 0.1) is 23.7 Å². The minimum Gasteiger partial charge on any atom is -0.469 e. The molecule has 0 saturated heterocycles. The molecule has 1 aromatic carbocycles. The van der Waals surface area contributed by atoms with Gasteiger partial charge in [-0.3, -0.25) is 4.79 Å². The van der Waals surface area contributed by atoms with Gasteiger partial charge in [0.05, 0.1) is 7.11 Å². The number of unbranched alkanes of at least 4 members (excludes halogenated alkanes) is 1. The highest BCUT2D eigenvalue weighted by Crippen LogP contribution is 1.95. The summed E-state index contributed by atoms with van der Waals surface area (Å²) in [6.07, 6.45) is 1.79. The predicted molar refractivity (Wildman–Crippen MR) is 67.0 cm³/mol. The molecule has 0 amide bonds. The second-order valence-electron chi connectivity index (χ2n) is 3.35. The fourth-order valence-corrected chi connectivity index (χ4v) is 1.15. The quantitative estimate of drug-likeness (QED) is 0.449. The lowest BCUT2D eigenvalue weighted by Crippen LogP contribution is -1.98. The molecule has 0 unspecified atom stereocenters. The third kappa shape index (κ3) is 6.07. The van der Waals surface area contributed by atoms with Crippen LogP contribution in [0.1, 0.15) is 24.8 Å². The predicted octanol–water partition coefficient (Wildman–Crippen LogP) is 2.38. The second kappa shape index (κ2) is 8.02. The number of esters is 1. The fraction of sp³-hybridized carbons (Fsp3) is 0.267. The van der Waals surface area contributed by atoms with Crippen LogP contribution >= 0.6 is 0 Å². The molecule has 17 heavy (non-hydrogen) atoms. The Hall–Kier alpha value is -2.19. The van der Waals surface area contributed by atoms with Crippen molar-refractivity contribution in [2.24, 2.45) is 0 Å². The minimum absolute atomic E-state index is 0.192. The van der Waals surface area contributed by atoms with Gasteiger partial charge in [-0.1, -0.05) is 30.0 Å². The molecule has 0 fully saturated rings. The zero-order valence-corrected chi connectivity index (χ0v) is 9.82. The Morgan fingerprint density at radius 2 is 2.00 bits per heavy atom. The number of methoxy groups -OCH3 is 1. The average Bonchev–Trinajstić information content (AvgIpc) is 2.38. The Bertz CT molecular complexity index is 466. The first kappa shape index (κ1) is 12.9. The third-order valence-corrected chi connectivity index (χ3v) is 2.04. The lowest BCUT2D eigenvalue weighted by Gasteiger charge is -1.93. The van der Waals surface area contributed by atoms with E-state index in [9.17, 15) is 4.79 Å². The summed E-state index contributed by atoms with van der Waals surface area (Å²) in [6, 6.07) is 9.70. The van der Waals surface area contributed by atoms with Gasteiger partial charge in [0, 0.05) is 18.4 Å². The number of hydrogen-bond acceptors (Lipinski definition) is 2. The highest BCUT2D eigenvalue weighted by Gasteiger charge is 1.96. The smallest absolute Gasteiger partial charge is 0.305 e. The summed E-state index contributed by atoms with van der Waals surface area (Å²) in [5.74, 6) is 11.2. The van der Waals surface area contributed by atoms with Crippen LogP contribution in [-0.4, -0.2) is 13.1 Å². The van der Waals surface area contributed by atoms with Gasteiger partial charge in [0.25, 0.3) is 0 Å². The van der Waals surface area contributed by atoms with Crippen molar-refractivity contribution >= 4 is 5.97 Å². The Morgan fingerprint density at radius 3 is 2.71 bits per heavy atom. The normalized spacial score (nSPS) is 8.29. The van der Waals surface area contributed by atoms with Gasteiger partial charge in [0.15, 0.2) is 0 Å². The second-order valence-corrected chi connectivity index (χ2v) is 3.35. The molecule has 1 aromatic rings. The molecule has 0 aromatic heterocycles. The number of carbonyl (C=O) groups is 1. The summed E-state index contributed by atoms with van der Waals surface area (Å²) in [5, 5.41) is 0. The molecule has 2 nitrogen and oxygen atoms in total. The van der Waals surface area contributed by atoms with Crippen molar-refractivity contribution in [3.8, 4) is 23.7 Å². The molecule has 1 rings (SSSR count). The van der Waals surface area contributed by atoms with Crippen LogP contribution in [0.15, 0.2) is 30.3 Å². The van der Waals surface area contributed by atoms with Crippen molar-refractivity contribution in [3.05, 3.63) is 35.9 Å². The van der Waals surface area contributed by atoms with Gasteiger partial charge in [-0.15, -0.1) is 0 Å². The zero-order valence-electron chi connectivity index (χ0n) is 9.82. The molecule has 0 atom stereocenters. The summed E-state index contributed by atoms with van der Waals surface area (Å²) in [6.45, 7) is 0. The van der Waals surface area contributed by atoms with Crippen LogP contribution in [0.3, 0.4) is 0 Å². The van der Waals surface area contributed by atoms with Crippen LogP contribution in [0.25, 0.3) is 0 Å². The van der Waals surface area contributed by atoms with E-state index in [1.54, 1.807) is 0 Å². The van der Waals surface area contributed by atoms with Crippen LogP contribution in [0.2, 0.25) is 0 Å². The molecule has 0 N–H and O–H groups in total. The monoisotopic (exact) mass is 226 g/mol. The lowest BCUT2D eigenvalue weighted by molar-refractivity contribution is -0.140. The van der Waals surface area contributed by atoms with Crippen molar-refractivity contribution in [3.63, 3.8) is 0 Å². The van der Waals surface area contributed by atoms with Crippen LogP contribution in [0.4, 0.5) is 0 Å². The van der Waals surface area contributed by atoms with E-state index in [1.807, 2.05) is 30.3 Å². The molecule has 0 aliphatic carbocycles. The Labute approximate surface area is 102 Å². The van der Waals surface area contributed by atoms with E-state index in [1.165, 1.54) is 7.11 Å². The van der Waals surface area contributed by atoms with Gasteiger partial charge in [0.1, 0.15) is 0 Å². The Morgan fingerprint density at radius 1 is 1.24 bits per heavy atom. The molecule has 0 aliphatic heterocycles. The number of benzene rings is 1. The molecule has 2 heteroatoms. The average molecular weight is 226 g/mol. The van der Waals surface area contributed by atoms with Crippen LogP contribution in [-0.2, 0) is 9.53 Å². The standard InChI is InChI=1S/C15H14O2/c1-17-15(16)13-9-4-2-3-6-10-14-11-7-5-8-12-14/h5,7-8,11-12H,4,9,13H2,1H3. The van der Waals surface area contributed by atoms with E-state index in [2.05, 4.69) is 28.4 Å². The van der Waals surface area contributed by atoms with E-state index in [0.29, 0.717) is 19.3 Å². The maximum Gasteiger partial charge on any atom is 0.305 e. The van der Waals surface area contributed by atoms with Crippen molar-refractivity contribution in [2.75, 3.05) is 7.11 Å². The molecule has 0 bridgehead atoms.